The number of hydrogen-bond acceptors (Lipinski definition) is 2. The molecule has 2 aliphatic rings. The van der Waals surface area contributed by atoms with Gasteiger partial charge in [0.2, 0.25) is 0 Å². The van der Waals surface area contributed by atoms with E-state index in [4.69, 9.17) is 0 Å². The van der Waals surface area contributed by atoms with E-state index in [1.165, 1.54) is 38.5 Å². The smallest absolute Gasteiger partial charge is 0.319 e. The number of urea groups is 1. The number of hydrogen-bond donors (Lipinski definition) is 2. The lowest BCUT2D eigenvalue weighted by Crippen LogP contribution is -2.42. The average Bonchev–Trinajstić information content (AvgIpc) is 2.64. The van der Waals surface area contributed by atoms with Crippen molar-refractivity contribution in [1.29, 1.82) is 0 Å². The molecule has 27 heavy (non-hydrogen) atoms. The van der Waals surface area contributed by atoms with Crippen LogP contribution in [0.25, 0.3) is 0 Å². The highest BCUT2D eigenvalue weighted by molar-refractivity contribution is 5.95. The van der Waals surface area contributed by atoms with Crippen LogP contribution in [0.15, 0.2) is 24.3 Å². The topological polar surface area (TPSA) is 61.4 Å². The lowest BCUT2D eigenvalue weighted by Gasteiger charge is -2.33. The fourth-order valence-electron chi connectivity index (χ4n) is 4.21. The molecule has 2 fully saturated rings. The fourth-order valence-corrected chi connectivity index (χ4v) is 4.21. The molecule has 1 saturated carbocycles. The van der Waals surface area contributed by atoms with Gasteiger partial charge in [-0.05, 0) is 63.3 Å². The van der Waals surface area contributed by atoms with Crippen molar-refractivity contribution in [2.45, 2.75) is 83.2 Å². The minimum Gasteiger partial charge on any atom is -0.336 e. The summed E-state index contributed by atoms with van der Waals surface area (Å²) >= 11 is 0. The lowest BCUT2D eigenvalue weighted by molar-refractivity contribution is 0.0635. The number of carbonyl (C=O) groups excluding carboxylic acids is 2. The van der Waals surface area contributed by atoms with E-state index in [1.54, 1.807) is 0 Å². The average molecular weight is 372 g/mol. The van der Waals surface area contributed by atoms with Gasteiger partial charge in [-0.2, -0.15) is 0 Å². The summed E-state index contributed by atoms with van der Waals surface area (Å²) in [5.74, 6) is 0.0905. The Labute approximate surface area is 162 Å². The Kier molecular flexibility index (Phi) is 7.13. The first-order valence-electron chi connectivity index (χ1n) is 10.6. The first-order valence-corrected chi connectivity index (χ1v) is 10.6. The molecule has 1 atom stereocenters. The van der Waals surface area contributed by atoms with Crippen LogP contribution in [0, 0.1) is 0 Å². The van der Waals surface area contributed by atoms with Crippen LogP contribution in [0.1, 0.15) is 81.5 Å². The molecule has 1 aromatic carbocycles. The quantitative estimate of drug-likeness (QED) is 0.791. The molecule has 1 aliphatic heterocycles. The highest BCUT2D eigenvalue weighted by Gasteiger charge is 2.24. The van der Waals surface area contributed by atoms with Gasteiger partial charge < -0.3 is 15.5 Å². The molecule has 0 radical (unpaired) electrons. The molecule has 5 heteroatoms. The van der Waals surface area contributed by atoms with Crippen molar-refractivity contribution in [2.75, 3.05) is 11.9 Å². The minimum absolute atomic E-state index is 0.0905. The largest absolute Gasteiger partial charge is 0.336 e. The number of benzene rings is 1. The first-order chi connectivity index (χ1) is 13.1. The van der Waals surface area contributed by atoms with E-state index in [2.05, 4.69) is 17.6 Å². The van der Waals surface area contributed by atoms with Gasteiger partial charge in [-0.1, -0.05) is 32.1 Å². The van der Waals surface area contributed by atoms with Gasteiger partial charge in [-0.25, -0.2) is 4.79 Å². The lowest BCUT2D eigenvalue weighted by atomic mass is 9.97. The van der Waals surface area contributed by atoms with E-state index in [9.17, 15) is 9.59 Å². The summed E-state index contributed by atoms with van der Waals surface area (Å²) in [6, 6.07) is 7.69. The fraction of sp³-hybridized carbons (Fsp3) is 0.636. The van der Waals surface area contributed by atoms with Crippen molar-refractivity contribution in [3.63, 3.8) is 0 Å². The number of amides is 3. The highest BCUT2D eigenvalue weighted by Crippen LogP contribution is 2.20. The predicted octanol–water partition coefficient (Wildman–Crippen LogP) is 4.94. The number of carbonyl (C=O) groups is 2. The predicted molar refractivity (Wildman–Crippen MR) is 109 cm³/mol. The summed E-state index contributed by atoms with van der Waals surface area (Å²) < 4.78 is 0. The van der Waals surface area contributed by atoms with Crippen LogP contribution in [-0.4, -0.2) is 35.5 Å². The second-order valence-electron chi connectivity index (χ2n) is 8.06. The monoisotopic (exact) mass is 371 g/mol. The molecular weight excluding hydrogens is 338 g/mol. The molecule has 148 valence electrons. The van der Waals surface area contributed by atoms with E-state index in [0.29, 0.717) is 11.6 Å². The van der Waals surface area contributed by atoms with Gasteiger partial charge in [0.05, 0.1) is 0 Å². The molecule has 3 rings (SSSR count). The molecule has 1 aromatic rings. The van der Waals surface area contributed by atoms with E-state index in [0.717, 1.165) is 37.9 Å². The van der Waals surface area contributed by atoms with Crippen LogP contribution in [0.3, 0.4) is 0 Å². The van der Waals surface area contributed by atoms with Crippen molar-refractivity contribution in [3.05, 3.63) is 29.8 Å². The summed E-state index contributed by atoms with van der Waals surface area (Å²) in [7, 11) is 0. The first kappa shape index (κ1) is 19.7. The zero-order valence-electron chi connectivity index (χ0n) is 16.5. The SMILES string of the molecule is CC1CCCCN1C(=O)c1ccc(NC(=O)NC2CCCCCCC2)cc1. The van der Waals surface area contributed by atoms with Gasteiger partial charge in [-0.15, -0.1) is 0 Å². The van der Waals surface area contributed by atoms with Crippen LogP contribution >= 0.6 is 0 Å². The Bertz CT molecular complexity index is 621. The van der Waals surface area contributed by atoms with Gasteiger partial charge >= 0.3 is 6.03 Å². The molecule has 0 aromatic heterocycles. The van der Waals surface area contributed by atoms with Crippen molar-refractivity contribution < 1.29 is 9.59 Å². The zero-order chi connectivity index (χ0) is 19.1. The molecule has 5 nitrogen and oxygen atoms in total. The van der Waals surface area contributed by atoms with Crippen molar-refractivity contribution in [2.24, 2.45) is 0 Å². The molecule has 0 bridgehead atoms. The Morgan fingerprint density at radius 1 is 0.889 bits per heavy atom. The minimum atomic E-state index is -0.149. The van der Waals surface area contributed by atoms with E-state index >= 15 is 0 Å². The number of piperidine rings is 1. The van der Waals surface area contributed by atoms with E-state index < -0.39 is 0 Å². The number of anilines is 1. The summed E-state index contributed by atoms with van der Waals surface area (Å²) in [5.41, 5.74) is 1.41. The Morgan fingerprint density at radius 3 is 2.19 bits per heavy atom. The summed E-state index contributed by atoms with van der Waals surface area (Å²) in [4.78, 5) is 26.9. The number of nitrogens with zero attached hydrogens (tertiary/aromatic N) is 1. The van der Waals surface area contributed by atoms with Crippen LogP contribution in [-0.2, 0) is 0 Å². The van der Waals surface area contributed by atoms with Gasteiger partial charge in [-0.3, -0.25) is 4.79 Å². The molecule has 2 N–H and O–H groups in total. The summed E-state index contributed by atoms with van der Waals surface area (Å²) in [6.07, 6.45) is 11.7. The number of rotatable bonds is 3. The molecule has 1 saturated heterocycles. The van der Waals surface area contributed by atoms with Crippen LogP contribution in [0.4, 0.5) is 10.5 Å². The van der Waals surface area contributed by atoms with Crippen LogP contribution in [0.2, 0.25) is 0 Å². The van der Waals surface area contributed by atoms with Crippen LogP contribution < -0.4 is 10.6 Å². The van der Waals surface area contributed by atoms with Crippen molar-refractivity contribution in [1.82, 2.24) is 10.2 Å². The second kappa shape index (κ2) is 9.77. The molecule has 1 aliphatic carbocycles. The number of nitrogens with one attached hydrogen (secondary N) is 2. The third kappa shape index (κ3) is 5.72. The van der Waals surface area contributed by atoms with E-state index in [1.807, 2.05) is 29.2 Å². The van der Waals surface area contributed by atoms with Gasteiger partial charge in [0.25, 0.3) is 5.91 Å². The maximum absolute atomic E-state index is 12.7. The number of likely N-dealkylation sites (tertiary alicyclic amines) is 1. The van der Waals surface area contributed by atoms with Gasteiger partial charge in [0.15, 0.2) is 0 Å². The third-order valence-corrected chi connectivity index (χ3v) is 5.89. The van der Waals surface area contributed by atoms with Crippen LogP contribution in [0.5, 0.6) is 0 Å². The zero-order valence-corrected chi connectivity index (χ0v) is 16.5. The van der Waals surface area contributed by atoms with Gasteiger partial charge in [0.1, 0.15) is 0 Å². The molecule has 3 amide bonds. The van der Waals surface area contributed by atoms with Gasteiger partial charge in [0, 0.05) is 29.9 Å². The second-order valence-corrected chi connectivity index (χ2v) is 8.06. The molecule has 0 spiro atoms. The molecule has 1 heterocycles. The Morgan fingerprint density at radius 2 is 1.52 bits per heavy atom. The normalized spacial score (nSPS) is 21.8. The highest BCUT2D eigenvalue weighted by atomic mass is 16.2. The Balaban J connectivity index is 1.52. The maximum atomic E-state index is 12.7. The van der Waals surface area contributed by atoms with E-state index in [-0.39, 0.29) is 18.0 Å². The third-order valence-electron chi connectivity index (χ3n) is 5.89. The summed E-state index contributed by atoms with van der Waals surface area (Å²) in [5, 5.41) is 6.01. The van der Waals surface area contributed by atoms with Crippen molar-refractivity contribution in [3.8, 4) is 0 Å². The summed E-state index contributed by atoms with van der Waals surface area (Å²) in [6.45, 7) is 2.95. The standard InChI is InChI=1S/C22H33N3O2/c1-17-9-7-8-16-25(17)21(26)18-12-14-20(15-13-18)24-22(27)23-19-10-5-3-2-4-6-11-19/h12-15,17,19H,2-11,16H2,1H3,(H2,23,24,27). The van der Waals surface area contributed by atoms with Crippen molar-refractivity contribution >= 4 is 17.6 Å². The maximum Gasteiger partial charge on any atom is 0.319 e. The Hall–Kier alpha value is -2.04. The molecule has 1 unspecified atom stereocenters. The molecular formula is C22H33N3O2.